The number of aromatic nitrogens is 2. The molecule has 1 aliphatic heterocycles. The van der Waals surface area contributed by atoms with Crippen LogP contribution in [0.2, 0.25) is 0 Å². The van der Waals surface area contributed by atoms with Gasteiger partial charge in [0.1, 0.15) is 5.82 Å². The summed E-state index contributed by atoms with van der Waals surface area (Å²) in [7, 11) is 0. The number of nitrogens with zero attached hydrogens (tertiary/aromatic N) is 3. The number of piperidine rings is 1. The zero-order valence-electron chi connectivity index (χ0n) is 17.9. The summed E-state index contributed by atoms with van der Waals surface area (Å²) in [4.78, 5) is 33.1. The molecule has 1 saturated heterocycles. The zero-order valence-corrected chi connectivity index (χ0v) is 17.9. The molecule has 0 atom stereocenters. The van der Waals surface area contributed by atoms with E-state index in [1.165, 1.54) is 6.42 Å². The molecule has 2 aromatic carbocycles. The summed E-state index contributed by atoms with van der Waals surface area (Å²) in [6.07, 6.45) is 5.40. The average Bonchev–Trinajstić information content (AvgIpc) is 3.64. The van der Waals surface area contributed by atoms with Crippen LogP contribution in [0.25, 0.3) is 10.9 Å². The van der Waals surface area contributed by atoms with Crippen LogP contribution in [-0.2, 0) is 11.3 Å². The molecule has 1 amide bonds. The van der Waals surface area contributed by atoms with Gasteiger partial charge in [-0.25, -0.2) is 4.98 Å². The van der Waals surface area contributed by atoms with Crippen molar-refractivity contribution in [3.63, 3.8) is 0 Å². The Bertz CT molecular complexity index is 1180. The van der Waals surface area contributed by atoms with E-state index in [0.29, 0.717) is 23.3 Å². The van der Waals surface area contributed by atoms with Crippen molar-refractivity contribution in [1.82, 2.24) is 9.55 Å². The summed E-state index contributed by atoms with van der Waals surface area (Å²) in [6.45, 7) is 4.28. The van der Waals surface area contributed by atoms with Gasteiger partial charge in [-0.1, -0.05) is 30.3 Å². The molecule has 2 fully saturated rings. The van der Waals surface area contributed by atoms with Gasteiger partial charge in [0, 0.05) is 19.0 Å². The molecule has 3 aromatic rings. The predicted octanol–water partition coefficient (Wildman–Crippen LogP) is 4.09. The number of amides is 1. The van der Waals surface area contributed by atoms with Crippen LogP contribution in [0, 0.1) is 12.8 Å². The number of anilines is 2. The quantitative estimate of drug-likeness (QED) is 0.680. The number of rotatable bonds is 5. The van der Waals surface area contributed by atoms with Crippen molar-refractivity contribution in [2.75, 3.05) is 23.3 Å². The Kier molecular flexibility index (Phi) is 5.22. The van der Waals surface area contributed by atoms with E-state index >= 15 is 0 Å². The molecule has 1 N–H and O–H groups in total. The van der Waals surface area contributed by atoms with Gasteiger partial charge in [-0.15, -0.1) is 0 Å². The maximum Gasteiger partial charge on any atom is 0.261 e. The number of carbonyl (C=O) groups is 1. The van der Waals surface area contributed by atoms with Gasteiger partial charge in [-0.3, -0.25) is 14.2 Å². The maximum atomic E-state index is 13.4. The van der Waals surface area contributed by atoms with Crippen LogP contribution < -0.4 is 15.8 Å². The van der Waals surface area contributed by atoms with E-state index in [0.717, 1.165) is 55.7 Å². The van der Waals surface area contributed by atoms with Crippen LogP contribution in [0.3, 0.4) is 0 Å². The highest BCUT2D eigenvalue weighted by atomic mass is 16.2. The van der Waals surface area contributed by atoms with Crippen LogP contribution in [0.1, 0.15) is 43.5 Å². The number of benzene rings is 2. The Morgan fingerprint density at radius 1 is 1.10 bits per heavy atom. The fourth-order valence-electron chi connectivity index (χ4n) is 4.40. The highest BCUT2D eigenvalue weighted by Crippen LogP contribution is 2.35. The lowest BCUT2D eigenvalue weighted by atomic mass is 10.1. The standard InChI is InChI=1S/C25H28N4O2/c1-17-26-21-15-23(28-12-6-3-7-13-28)22(27-24(30)19-10-11-19)14-20(21)25(31)29(17)16-18-8-4-2-5-9-18/h2,4-5,8-9,14-15,19H,3,6-7,10-13,16H2,1H3,(H,27,30). The molecule has 1 saturated carbocycles. The van der Waals surface area contributed by atoms with Gasteiger partial charge in [0.15, 0.2) is 0 Å². The van der Waals surface area contributed by atoms with Crippen LogP contribution in [0.4, 0.5) is 11.4 Å². The summed E-state index contributed by atoms with van der Waals surface area (Å²) in [5.41, 5.74) is 3.39. The Hall–Kier alpha value is -3.15. The first kappa shape index (κ1) is 19.8. The molecule has 0 spiro atoms. The van der Waals surface area contributed by atoms with E-state index in [-0.39, 0.29) is 17.4 Å². The van der Waals surface area contributed by atoms with E-state index in [9.17, 15) is 9.59 Å². The Labute approximate surface area is 181 Å². The third-order valence-electron chi connectivity index (χ3n) is 6.35. The van der Waals surface area contributed by atoms with E-state index in [1.807, 2.05) is 49.4 Å². The largest absolute Gasteiger partial charge is 0.370 e. The van der Waals surface area contributed by atoms with Crippen LogP contribution in [0.5, 0.6) is 0 Å². The minimum absolute atomic E-state index is 0.0577. The molecule has 6 heteroatoms. The Morgan fingerprint density at radius 2 is 1.84 bits per heavy atom. The minimum atomic E-state index is -0.0709. The molecular formula is C25H28N4O2. The van der Waals surface area contributed by atoms with Crippen molar-refractivity contribution < 1.29 is 4.79 Å². The van der Waals surface area contributed by atoms with Crippen LogP contribution >= 0.6 is 0 Å². The number of hydrogen-bond acceptors (Lipinski definition) is 4. The van der Waals surface area contributed by atoms with Gasteiger partial charge < -0.3 is 10.2 Å². The van der Waals surface area contributed by atoms with E-state index in [1.54, 1.807) is 4.57 Å². The van der Waals surface area contributed by atoms with Gasteiger partial charge >= 0.3 is 0 Å². The topological polar surface area (TPSA) is 67.2 Å². The molecule has 31 heavy (non-hydrogen) atoms. The Morgan fingerprint density at radius 3 is 2.55 bits per heavy atom. The third-order valence-corrected chi connectivity index (χ3v) is 6.35. The second-order valence-electron chi connectivity index (χ2n) is 8.73. The molecule has 1 aromatic heterocycles. The lowest BCUT2D eigenvalue weighted by Gasteiger charge is -2.31. The third kappa shape index (κ3) is 4.07. The molecular weight excluding hydrogens is 388 g/mol. The fourth-order valence-corrected chi connectivity index (χ4v) is 4.40. The lowest BCUT2D eigenvalue weighted by molar-refractivity contribution is -0.117. The van der Waals surface area contributed by atoms with Crippen molar-refractivity contribution in [3.8, 4) is 0 Å². The van der Waals surface area contributed by atoms with Gasteiger partial charge in [-0.05, 0) is 56.7 Å². The molecule has 160 valence electrons. The molecule has 0 bridgehead atoms. The summed E-state index contributed by atoms with van der Waals surface area (Å²) in [5, 5.41) is 3.67. The second kappa shape index (κ2) is 8.17. The Balaban J connectivity index is 1.60. The predicted molar refractivity (Wildman–Crippen MR) is 124 cm³/mol. The van der Waals surface area contributed by atoms with Gasteiger partial charge in [0.25, 0.3) is 5.56 Å². The summed E-state index contributed by atoms with van der Waals surface area (Å²) in [5.74, 6) is 0.860. The fraction of sp³-hybridized carbons (Fsp3) is 0.400. The number of aryl methyl sites for hydroxylation is 1. The number of nitrogens with one attached hydrogen (secondary N) is 1. The maximum absolute atomic E-state index is 13.4. The van der Waals surface area contributed by atoms with Gasteiger partial charge in [0.2, 0.25) is 5.91 Å². The van der Waals surface area contributed by atoms with E-state index in [2.05, 4.69) is 10.2 Å². The first-order valence-electron chi connectivity index (χ1n) is 11.2. The zero-order chi connectivity index (χ0) is 21.4. The number of hydrogen-bond donors (Lipinski definition) is 1. The first-order valence-corrected chi connectivity index (χ1v) is 11.2. The second-order valence-corrected chi connectivity index (χ2v) is 8.73. The highest BCUT2D eigenvalue weighted by Gasteiger charge is 2.30. The van der Waals surface area contributed by atoms with E-state index < -0.39 is 0 Å². The van der Waals surface area contributed by atoms with E-state index in [4.69, 9.17) is 4.98 Å². The molecule has 2 aliphatic rings. The summed E-state index contributed by atoms with van der Waals surface area (Å²) >= 11 is 0. The summed E-state index contributed by atoms with van der Waals surface area (Å²) in [6, 6.07) is 13.8. The minimum Gasteiger partial charge on any atom is -0.370 e. The monoisotopic (exact) mass is 416 g/mol. The first-order chi connectivity index (χ1) is 15.1. The molecule has 5 rings (SSSR count). The van der Waals surface area contributed by atoms with Crippen molar-refractivity contribution in [2.24, 2.45) is 5.92 Å². The molecule has 1 aliphatic carbocycles. The van der Waals surface area contributed by atoms with Crippen LogP contribution in [-0.4, -0.2) is 28.5 Å². The normalized spacial score (nSPS) is 16.5. The average molecular weight is 417 g/mol. The molecule has 6 nitrogen and oxygen atoms in total. The van der Waals surface area contributed by atoms with Crippen molar-refractivity contribution >= 4 is 28.2 Å². The van der Waals surface area contributed by atoms with Crippen molar-refractivity contribution in [2.45, 2.75) is 45.6 Å². The van der Waals surface area contributed by atoms with Crippen molar-refractivity contribution in [3.05, 3.63) is 64.2 Å². The smallest absolute Gasteiger partial charge is 0.261 e. The highest BCUT2D eigenvalue weighted by molar-refractivity contribution is 6.00. The van der Waals surface area contributed by atoms with Gasteiger partial charge in [0.05, 0.1) is 28.8 Å². The van der Waals surface area contributed by atoms with Crippen molar-refractivity contribution in [1.29, 1.82) is 0 Å². The van der Waals surface area contributed by atoms with Crippen LogP contribution in [0.15, 0.2) is 47.3 Å². The lowest BCUT2D eigenvalue weighted by Crippen LogP contribution is -2.31. The number of carbonyl (C=O) groups excluding carboxylic acids is 1. The SMILES string of the molecule is Cc1nc2cc(N3CCCCC3)c(NC(=O)C3CC3)cc2c(=O)n1Cc1ccccc1. The molecule has 2 heterocycles. The number of fused-ring (bicyclic) bond motifs is 1. The molecule has 0 radical (unpaired) electrons. The summed E-state index contributed by atoms with van der Waals surface area (Å²) < 4.78 is 1.71. The molecule has 0 unspecified atom stereocenters. The van der Waals surface area contributed by atoms with Gasteiger partial charge in [-0.2, -0.15) is 0 Å².